The van der Waals surface area contributed by atoms with Crippen LogP contribution in [0.25, 0.3) is 0 Å². The van der Waals surface area contributed by atoms with Crippen molar-refractivity contribution in [1.82, 2.24) is 4.90 Å². The van der Waals surface area contributed by atoms with E-state index in [2.05, 4.69) is 21.9 Å². The second kappa shape index (κ2) is 8.09. The van der Waals surface area contributed by atoms with Gasteiger partial charge in [-0.2, -0.15) is 0 Å². The lowest BCUT2D eigenvalue weighted by Gasteiger charge is -2.31. The Morgan fingerprint density at radius 2 is 1.70 bits per heavy atom. The molecule has 2 heterocycles. The minimum Gasteiger partial charge on any atom is -0.370 e. The van der Waals surface area contributed by atoms with E-state index in [4.69, 9.17) is 0 Å². The van der Waals surface area contributed by atoms with Crippen LogP contribution in [-0.2, 0) is 11.2 Å². The number of hydrogen-bond acceptors (Lipinski definition) is 3. The fourth-order valence-electron chi connectivity index (χ4n) is 4.11. The molecule has 4 rings (SSSR count). The largest absolute Gasteiger partial charge is 0.370 e. The van der Waals surface area contributed by atoms with Crippen molar-refractivity contribution < 1.29 is 9.18 Å². The summed E-state index contributed by atoms with van der Waals surface area (Å²) in [6, 6.07) is 14.9. The highest BCUT2D eigenvalue weighted by molar-refractivity contribution is 5.95. The van der Waals surface area contributed by atoms with E-state index in [0.717, 1.165) is 63.4 Å². The van der Waals surface area contributed by atoms with E-state index >= 15 is 0 Å². The van der Waals surface area contributed by atoms with Gasteiger partial charge in [-0.3, -0.25) is 9.69 Å². The number of fused-ring (bicyclic) bond motifs is 1. The number of carbonyl (C=O) groups is 1. The van der Waals surface area contributed by atoms with Gasteiger partial charge in [-0.1, -0.05) is 18.2 Å². The van der Waals surface area contributed by atoms with Crippen molar-refractivity contribution in [1.29, 1.82) is 0 Å². The monoisotopic (exact) mass is 367 g/mol. The Labute approximate surface area is 160 Å². The van der Waals surface area contributed by atoms with Crippen LogP contribution in [0.15, 0.2) is 48.5 Å². The molecule has 2 aromatic rings. The Morgan fingerprint density at radius 3 is 2.56 bits per heavy atom. The van der Waals surface area contributed by atoms with E-state index in [1.807, 2.05) is 29.2 Å². The minimum absolute atomic E-state index is 0.192. The highest BCUT2D eigenvalue weighted by atomic mass is 19.1. The molecule has 0 aromatic heterocycles. The smallest absolute Gasteiger partial charge is 0.241 e. The Hall–Kier alpha value is -2.40. The molecule has 0 spiro atoms. The molecule has 5 heteroatoms. The van der Waals surface area contributed by atoms with E-state index in [1.54, 1.807) is 0 Å². The van der Waals surface area contributed by atoms with Gasteiger partial charge in [-0.15, -0.1) is 0 Å². The maximum atomic E-state index is 13.2. The average molecular weight is 367 g/mol. The maximum Gasteiger partial charge on any atom is 0.241 e. The van der Waals surface area contributed by atoms with Gasteiger partial charge in [0.25, 0.3) is 0 Å². The Morgan fingerprint density at radius 1 is 0.889 bits per heavy atom. The predicted octanol–water partition coefficient (Wildman–Crippen LogP) is 3.32. The number of aryl methyl sites for hydroxylation is 1. The van der Waals surface area contributed by atoms with E-state index < -0.39 is 0 Å². The van der Waals surface area contributed by atoms with Crippen LogP contribution in [0.2, 0.25) is 0 Å². The summed E-state index contributed by atoms with van der Waals surface area (Å²) < 4.78 is 13.2. The van der Waals surface area contributed by atoms with Gasteiger partial charge < -0.3 is 9.80 Å². The molecule has 0 radical (unpaired) electrons. The first kappa shape index (κ1) is 18.0. The van der Waals surface area contributed by atoms with E-state index in [1.165, 1.54) is 17.7 Å². The van der Waals surface area contributed by atoms with Crippen molar-refractivity contribution in [3.8, 4) is 0 Å². The van der Waals surface area contributed by atoms with Gasteiger partial charge in [-0.25, -0.2) is 4.39 Å². The number of rotatable bonds is 3. The highest BCUT2D eigenvalue weighted by Crippen LogP contribution is 2.27. The second-order valence-corrected chi connectivity index (χ2v) is 7.37. The zero-order valence-corrected chi connectivity index (χ0v) is 15.6. The third-order valence-electron chi connectivity index (χ3n) is 5.55. The molecule has 4 nitrogen and oxygen atoms in total. The highest BCUT2D eigenvalue weighted by Gasteiger charge is 2.24. The van der Waals surface area contributed by atoms with Crippen LogP contribution >= 0.6 is 0 Å². The summed E-state index contributed by atoms with van der Waals surface area (Å²) in [6.45, 7) is 4.83. The molecule has 0 saturated carbocycles. The van der Waals surface area contributed by atoms with Gasteiger partial charge in [0, 0.05) is 44.1 Å². The molecular weight excluding hydrogens is 341 g/mol. The van der Waals surface area contributed by atoms with E-state index in [9.17, 15) is 9.18 Å². The van der Waals surface area contributed by atoms with Crippen molar-refractivity contribution in [2.45, 2.75) is 19.3 Å². The summed E-state index contributed by atoms with van der Waals surface area (Å²) in [5.41, 5.74) is 3.40. The van der Waals surface area contributed by atoms with Crippen molar-refractivity contribution >= 4 is 17.3 Å². The fourth-order valence-corrected chi connectivity index (χ4v) is 4.11. The van der Waals surface area contributed by atoms with Crippen LogP contribution in [0.4, 0.5) is 15.8 Å². The van der Waals surface area contributed by atoms with Crippen molar-refractivity contribution in [3.05, 3.63) is 59.9 Å². The predicted molar refractivity (Wildman–Crippen MR) is 107 cm³/mol. The Kier molecular flexibility index (Phi) is 5.39. The molecule has 2 aliphatic heterocycles. The fraction of sp³-hybridized carbons (Fsp3) is 0.409. The molecule has 27 heavy (non-hydrogen) atoms. The summed E-state index contributed by atoms with van der Waals surface area (Å²) in [4.78, 5) is 19.5. The first-order valence-electron chi connectivity index (χ1n) is 9.82. The van der Waals surface area contributed by atoms with E-state index in [-0.39, 0.29) is 11.7 Å². The number of halogens is 1. The van der Waals surface area contributed by atoms with Crippen LogP contribution in [0, 0.1) is 5.82 Å². The molecular formula is C22H26FN3O. The molecule has 0 aliphatic carbocycles. The van der Waals surface area contributed by atoms with Crippen LogP contribution in [0.3, 0.4) is 0 Å². The molecule has 142 valence electrons. The van der Waals surface area contributed by atoms with Crippen LogP contribution in [0.1, 0.15) is 18.4 Å². The third-order valence-corrected chi connectivity index (χ3v) is 5.55. The Balaban J connectivity index is 1.38. The van der Waals surface area contributed by atoms with Gasteiger partial charge in [0.2, 0.25) is 5.91 Å². The molecule has 2 aromatic carbocycles. The van der Waals surface area contributed by atoms with Crippen molar-refractivity contribution in [2.75, 3.05) is 49.1 Å². The lowest BCUT2D eigenvalue weighted by Crippen LogP contribution is -2.43. The number of amides is 1. The quantitative estimate of drug-likeness (QED) is 0.833. The number of anilines is 2. The number of carbonyl (C=O) groups excluding carboxylic acids is 1. The second-order valence-electron chi connectivity index (χ2n) is 7.37. The normalized spacial score (nSPS) is 18.1. The summed E-state index contributed by atoms with van der Waals surface area (Å²) >= 11 is 0. The van der Waals surface area contributed by atoms with Gasteiger partial charge in [0.05, 0.1) is 6.54 Å². The molecule has 0 atom stereocenters. The minimum atomic E-state index is -0.206. The lowest BCUT2D eigenvalue weighted by molar-refractivity contribution is -0.119. The number of nitrogens with zero attached hydrogens (tertiary/aromatic N) is 3. The molecule has 0 unspecified atom stereocenters. The van der Waals surface area contributed by atoms with Crippen LogP contribution in [-0.4, -0.2) is 50.1 Å². The summed E-state index contributed by atoms with van der Waals surface area (Å²) in [7, 11) is 0. The zero-order valence-electron chi connectivity index (χ0n) is 15.6. The van der Waals surface area contributed by atoms with Crippen molar-refractivity contribution in [3.63, 3.8) is 0 Å². The standard InChI is InChI=1S/C22H26FN3O/c23-19-8-10-20(11-9-19)25-13-4-12-24(15-16-25)17-22(27)26-14-3-6-18-5-1-2-7-21(18)26/h1-2,5,7-11H,3-4,6,12-17H2. The first-order valence-corrected chi connectivity index (χ1v) is 9.82. The SMILES string of the molecule is O=C(CN1CCCN(c2ccc(F)cc2)CC1)N1CCCc2ccccc21. The number of para-hydroxylation sites is 1. The summed E-state index contributed by atoms with van der Waals surface area (Å²) in [5.74, 6) is -0.0139. The molecule has 0 N–H and O–H groups in total. The molecule has 1 amide bonds. The number of hydrogen-bond donors (Lipinski definition) is 0. The third kappa shape index (κ3) is 4.14. The molecule has 2 aliphatic rings. The van der Waals surface area contributed by atoms with Crippen LogP contribution in [0.5, 0.6) is 0 Å². The van der Waals surface area contributed by atoms with Crippen molar-refractivity contribution in [2.24, 2.45) is 0 Å². The molecule has 1 fully saturated rings. The summed E-state index contributed by atoms with van der Waals surface area (Å²) in [6.07, 6.45) is 3.08. The van der Waals surface area contributed by atoms with Gasteiger partial charge in [0.15, 0.2) is 0 Å². The number of benzene rings is 2. The molecule has 0 bridgehead atoms. The average Bonchev–Trinajstić information content (AvgIpc) is 2.94. The molecule has 1 saturated heterocycles. The van der Waals surface area contributed by atoms with Gasteiger partial charge >= 0.3 is 0 Å². The maximum absolute atomic E-state index is 13.2. The Bertz CT molecular complexity index is 792. The zero-order chi connectivity index (χ0) is 18.6. The van der Waals surface area contributed by atoms with E-state index in [0.29, 0.717) is 6.54 Å². The lowest BCUT2D eigenvalue weighted by atomic mass is 10.0. The van der Waals surface area contributed by atoms with Gasteiger partial charge in [-0.05, 0) is 55.2 Å². The summed E-state index contributed by atoms with van der Waals surface area (Å²) in [5, 5.41) is 0. The van der Waals surface area contributed by atoms with Gasteiger partial charge in [0.1, 0.15) is 5.82 Å². The first-order chi connectivity index (χ1) is 13.2. The topological polar surface area (TPSA) is 26.8 Å². The van der Waals surface area contributed by atoms with Crippen LogP contribution < -0.4 is 9.80 Å².